The summed E-state index contributed by atoms with van der Waals surface area (Å²) in [5.74, 6) is 1.35. The van der Waals surface area contributed by atoms with E-state index in [2.05, 4.69) is 16.9 Å². The fraction of sp³-hybridized carbons (Fsp3) is 0.667. The third-order valence-electron chi connectivity index (χ3n) is 3.17. The molecule has 1 atom stereocenters. The maximum Gasteiger partial charge on any atom is 0.117 e. The molecule has 0 bridgehead atoms. The quantitative estimate of drug-likeness (QED) is 0.648. The van der Waals surface area contributed by atoms with E-state index in [-0.39, 0.29) is 6.04 Å². The van der Waals surface area contributed by atoms with E-state index in [1.165, 1.54) is 32.1 Å². The molecule has 1 aliphatic rings. The number of rotatable bonds is 3. The molecule has 0 radical (unpaired) electrons. The number of hydrogen-bond acceptors (Lipinski definition) is 3. The molecule has 2 rings (SSSR count). The van der Waals surface area contributed by atoms with Crippen LogP contribution in [-0.4, -0.2) is 10.8 Å². The molecule has 1 saturated carbocycles. The lowest BCUT2D eigenvalue weighted by molar-refractivity contribution is 0.435. The third kappa shape index (κ3) is 2.82. The predicted octanol–water partition coefficient (Wildman–Crippen LogP) is 3.14. The first-order valence-electron chi connectivity index (χ1n) is 6.00. The topological polar surface area (TPSA) is 51.3 Å². The second-order valence-corrected chi connectivity index (χ2v) is 5.36. The molecule has 1 aromatic rings. The van der Waals surface area contributed by atoms with Gasteiger partial charge < -0.3 is 5.73 Å². The standard InChI is InChI=1S/C12H19N3S/c1-9(12-14-7-8-16-12)15-11(13)10-5-3-2-4-6-10/h7-10H,2-6H2,1H3,(H2,13,15). The predicted molar refractivity (Wildman–Crippen MR) is 68.7 cm³/mol. The van der Waals surface area contributed by atoms with Crippen molar-refractivity contribution in [1.29, 1.82) is 0 Å². The Balaban J connectivity index is 1.99. The Morgan fingerprint density at radius 2 is 2.25 bits per heavy atom. The van der Waals surface area contributed by atoms with Gasteiger partial charge in [0.25, 0.3) is 0 Å². The largest absolute Gasteiger partial charge is 0.387 e. The molecule has 0 aliphatic heterocycles. The Hall–Kier alpha value is -0.900. The summed E-state index contributed by atoms with van der Waals surface area (Å²) in [4.78, 5) is 8.86. The number of amidine groups is 1. The molecule has 0 aromatic carbocycles. The summed E-state index contributed by atoms with van der Waals surface area (Å²) in [6.45, 7) is 2.06. The fourth-order valence-corrected chi connectivity index (χ4v) is 2.86. The molecule has 16 heavy (non-hydrogen) atoms. The highest BCUT2D eigenvalue weighted by molar-refractivity contribution is 7.09. The van der Waals surface area contributed by atoms with Crippen LogP contribution in [0, 0.1) is 5.92 Å². The Morgan fingerprint density at radius 3 is 2.88 bits per heavy atom. The second kappa shape index (κ2) is 5.43. The van der Waals surface area contributed by atoms with Gasteiger partial charge in [-0.15, -0.1) is 11.3 Å². The minimum atomic E-state index is 0.113. The number of aromatic nitrogens is 1. The van der Waals surface area contributed by atoms with Crippen LogP contribution in [0.25, 0.3) is 0 Å². The highest BCUT2D eigenvalue weighted by atomic mass is 32.1. The van der Waals surface area contributed by atoms with Crippen molar-refractivity contribution in [3.63, 3.8) is 0 Å². The van der Waals surface area contributed by atoms with E-state index in [1.807, 2.05) is 11.6 Å². The number of aliphatic imine (C=N–C) groups is 1. The lowest BCUT2D eigenvalue weighted by atomic mass is 9.88. The average Bonchev–Trinajstić information content (AvgIpc) is 2.83. The van der Waals surface area contributed by atoms with Gasteiger partial charge in [0.2, 0.25) is 0 Å². The van der Waals surface area contributed by atoms with Gasteiger partial charge in [0.15, 0.2) is 0 Å². The minimum Gasteiger partial charge on any atom is -0.387 e. The van der Waals surface area contributed by atoms with E-state index in [4.69, 9.17) is 5.73 Å². The zero-order valence-corrected chi connectivity index (χ0v) is 10.5. The first-order valence-corrected chi connectivity index (χ1v) is 6.88. The van der Waals surface area contributed by atoms with Gasteiger partial charge >= 0.3 is 0 Å². The summed E-state index contributed by atoms with van der Waals surface area (Å²) >= 11 is 1.65. The van der Waals surface area contributed by atoms with E-state index in [1.54, 1.807) is 11.3 Å². The molecule has 1 fully saturated rings. The van der Waals surface area contributed by atoms with Gasteiger partial charge in [-0.3, -0.25) is 4.99 Å². The SMILES string of the molecule is CC(N=C(N)C1CCCCC1)c1nccs1. The van der Waals surface area contributed by atoms with E-state index < -0.39 is 0 Å². The summed E-state index contributed by atoms with van der Waals surface area (Å²) < 4.78 is 0. The summed E-state index contributed by atoms with van der Waals surface area (Å²) in [5, 5.41) is 3.04. The molecule has 3 nitrogen and oxygen atoms in total. The minimum absolute atomic E-state index is 0.113. The molecule has 2 N–H and O–H groups in total. The Labute approximate surface area is 101 Å². The maximum absolute atomic E-state index is 6.08. The van der Waals surface area contributed by atoms with E-state index in [9.17, 15) is 0 Å². The third-order valence-corrected chi connectivity index (χ3v) is 4.12. The lowest BCUT2D eigenvalue weighted by Gasteiger charge is -2.21. The van der Waals surface area contributed by atoms with Crippen molar-refractivity contribution < 1.29 is 0 Å². The van der Waals surface area contributed by atoms with Gasteiger partial charge in [-0.25, -0.2) is 4.98 Å². The fourth-order valence-electron chi connectivity index (χ4n) is 2.22. The highest BCUT2D eigenvalue weighted by Crippen LogP contribution is 2.26. The molecular weight excluding hydrogens is 218 g/mol. The summed E-state index contributed by atoms with van der Waals surface area (Å²) in [5.41, 5.74) is 6.08. The maximum atomic E-state index is 6.08. The van der Waals surface area contributed by atoms with Crippen molar-refractivity contribution in [2.24, 2.45) is 16.6 Å². The van der Waals surface area contributed by atoms with Crippen molar-refractivity contribution in [3.05, 3.63) is 16.6 Å². The first-order chi connectivity index (χ1) is 7.77. The zero-order chi connectivity index (χ0) is 11.4. The van der Waals surface area contributed by atoms with Crippen LogP contribution in [-0.2, 0) is 0 Å². The van der Waals surface area contributed by atoms with Gasteiger partial charge in [-0.05, 0) is 19.8 Å². The van der Waals surface area contributed by atoms with Crippen LogP contribution in [0.15, 0.2) is 16.6 Å². The molecule has 88 valence electrons. The van der Waals surface area contributed by atoms with Crippen LogP contribution in [0.1, 0.15) is 50.1 Å². The van der Waals surface area contributed by atoms with Crippen LogP contribution in [0.5, 0.6) is 0 Å². The smallest absolute Gasteiger partial charge is 0.117 e. The second-order valence-electron chi connectivity index (χ2n) is 4.44. The Morgan fingerprint density at radius 1 is 1.50 bits per heavy atom. The molecule has 0 saturated heterocycles. The van der Waals surface area contributed by atoms with E-state index in [0.717, 1.165) is 10.8 Å². The van der Waals surface area contributed by atoms with Gasteiger partial charge in [0, 0.05) is 17.5 Å². The van der Waals surface area contributed by atoms with Crippen LogP contribution >= 0.6 is 11.3 Å². The molecular formula is C12H19N3S. The monoisotopic (exact) mass is 237 g/mol. The number of nitrogens with zero attached hydrogens (tertiary/aromatic N) is 2. The van der Waals surface area contributed by atoms with Crippen LogP contribution in [0.4, 0.5) is 0 Å². The van der Waals surface area contributed by atoms with Crippen LogP contribution in [0.2, 0.25) is 0 Å². The van der Waals surface area contributed by atoms with Crippen molar-refractivity contribution in [2.75, 3.05) is 0 Å². The molecule has 4 heteroatoms. The normalized spacial score (nSPS) is 20.9. The van der Waals surface area contributed by atoms with E-state index >= 15 is 0 Å². The lowest BCUT2D eigenvalue weighted by Crippen LogP contribution is -2.26. The van der Waals surface area contributed by atoms with Gasteiger partial charge in [0.05, 0.1) is 5.84 Å². The Bertz CT molecular complexity index is 339. The molecule has 1 heterocycles. The zero-order valence-electron chi connectivity index (χ0n) is 9.72. The van der Waals surface area contributed by atoms with Gasteiger partial charge in [-0.2, -0.15) is 0 Å². The van der Waals surface area contributed by atoms with E-state index in [0.29, 0.717) is 5.92 Å². The van der Waals surface area contributed by atoms with Crippen molar-refractivity contribution >= 4 is 17.2 Å². The van der Waals surface area contributed by atoms with Crippen LogP contribution < -0.4 is 5.73 Å². The number of thiazole rings is 1. The molecule has 1 aliphatic carbocycles. The summed E-state index contributed by atoms with van der Waals surface area (Å²) in [6, 6.07) is 0.113. The van der Waals surface area contributed by atoms with Crippen molar-refractivity contribution in [1.82, 2.24) is 4.98 Å². The Kier molecular flexibility index (Phi) is 3.93. The average molecular weight is 237 g/mol. The molecule has 1 aromatic heterocycles. The van der Waals surface area contributed by atoms with Gasteiger partial charge in [0.1, 0.15) is 11.0 Å². The van der Waals surface area contributed by atoms with Crippen LogP contribution in [0.3, 0.4) is 0 Å². The van der Waals surface area contributed by atoms with Crippen molar-refractivity contribution in [3.8, 4) is 0 Å². The van der Waals surface area contributed by atoms with Gasteiger partial charge in [-0.1, -0.05) is 19.3 Å². The molecule has 1 unspecified atom stereocenters. The van der Waals surface area contributed by atoms with Crippen molar-refractivity contribution in [2.45, 2.75) is 45.1 Å². The summed E-state index contributed by atoms with van der Waals surface area (Å²) in [6.07, 6.45) is 8.19. The molecule has 0 amide bonds. The molecule has 0 spiro atoms. The number of nitrogens with two attached hydrogens (primary N) is 1. The first kappa shape index (κ1) is 11.6. The number of hydrogen-bond donors (Lipinski definition) is 1. The highest BCUT2D eigenvalue weighted by Gasteiger charge is 2.18. The summed E-state index contributed by atoms with van der Waals surface area (Å²) in [7, 11) is 0.